The minimum Gasteiger partial charge on any atom is -0.473 e. The lowest BCUT2D eigenvalue weighted by atomic mass is 10.1. The third-order valence-electron chi connectivity index (χ3n) is 4.10. The summed E-state index contributed by atoms with van der Waals surface area (Å²) in [4.78, 5) is 11.8. The first-order valence-electron chi connectivity index (χ1n) is 8.24. The van der Waals surface area contributed by atoms with Crippen LogP contribution in [-0.4, -0.2) is 19.3 Å². The topological polar surface area (TPSA) is 50.4 Å². The van der Waals surface area contributed by atoms with Crippen molar-refractivity contribution in [3.63, 3.8) is 0 Å². The van der Waals surface area contributed by atoms with Gasteiger partial charge in [-0.3, -0.25) is 0 Å². The number of carbonyl (C=O) groups is 1. The number of ether oxygens (including phenoxy) is 1. The zero-order valence-corrected chi connectivity index (χ0v) is 14.9. The summed E-state index contributed by atoms with van der Waals surface area (Å²) in [5.41, 5.74) is 5.81. The number of aryl methyl sites for hydroxylation is 3. The fraction of sp³-hybridized carbons (Fsp3) is 0.350. The van der Waals surface area contributed by atoms with E-state index in [2.05, 4.69) is 41.8 Å². The van der Waals surface area contributed by atoms with E-state index in [-0.39, 0.29) is 12.8 Å². The largest absolute Gasteiger partial charge is 0.473 e. The molecule has 2 aromatic carbocycles. The number of hydrogen-bond acceptors (Lipinski definition) is 2. The Hall–Kier alpha value is -2.49. The van der Waals surface area contributed by atoms with Crippen LogP contribution in [-0.2, 0) is 6.42 Å². The van der Waals surface area contributed by atoms with Crippen molar-refractivity contribution < 1.29 is 9.53 Å². The number of nitrogens with one attached hydrogen (secondary N) is 2. The fourth-order valence-corrected chi connectivity index (χ4v) is 2.57. The molecule has 4 nitrogen and oxygen atoms in total. The lowest BCUT2D eigenvalue weighted by Crippen LogP contribution is -2.38. The van der Waals surface area contributed by atoms with Crippen molar-refractivity contribution in [3.8, 4) is 5.75 Å². The Morgan fingerprint density at radius 2 is 1.75 bits per heavy atom. The van der Waals surface area contributed by atoms with Crippen molar-refractivity contribution in [2.24, 2.45) is 0 Å². The smallest absolute Gasteiger partial charge is 0.317 e. The first-order valence-corrected chi connectivity index (χ1v) is 8.24. The summed E-state index contributed by atoms with van der Waals surface area (Å²) in [7, 11) is 0. The van der Waals surface area contributed by atoms with Crippen molar-refractivity contribution in [2.75, 3.05) is 13.3 Å². The maximum absolute atomic E-state index is 11.8. The van der Waals surface area contributed by atoms with E-state index in [1.807, 2.05) is 32.9 Å². The quantitative estimate of drug-likeness (QED) is 0.793. The van der Waals surface area contributed by atoms with Gasteiger partial charge in [-0.2, -0.15) is 0 Å². The number of rotatable bonds is 6. The molecule has 0 saturated carbocycles. The van der Waals surface area contributed by atoms with E-state index >= 15 is 0 Å². The second kappa shape index (κ2) is 8.39. The molecule has 128 valence electrons. The van der Waals surface area contributed by atoms with Gasteiger partial charge in [-0.05, 0) is 56.4 Å². The van der Waals surface area contributed by atoms with E-state index in [1.54, 1.807) is 0 Å². The zero-order chi connectivity index (χ0) is 17.5. The number of urea groups is 1. The van der Waals surface area contributed by atoms with E-state index in [1.165, 1.54) is 16.7 Å². The van der Waals surface area contributed by atoms with E-state index in [4.69, 9.17) is 4.74 Å². The summed E-state index contributed by atoms with van der Waals surface area (Å²) in [6.07, 6.45) is 0.812. The molecule has 0 unspecified atom stereocenters. The molecule has 2 aromatic rings. The van der Waals surface area contributed by atoms with Gasteiger partial charge in [-0.15, -0.1) is 0 Å². The van der Waals surface area contributed by atoms with Crippen LogP contribution in [0.1, 0.15) is 27.8 Å². The summed E-state index contributed by atoms with van der Waals surface area (Å²) < 4.78 is 5.73. The van der Waals surface area contributed by atoms with Crippen molar-refractivity contribution in [1.82, 2.24) is 10.6 Å². The summed E-state index contributed by atoms with van der Waals surface area (Å²) in [5.74, 6) is 0.843. The van der Waals surface area contributed by atoms with Gasteiger partial charge in [0.25, 0.3) is 0 Å². The summed E-state index contributed by atoms with van der Waals surface area (Å²) in [6, 6.07) is 12.2. The van der Waals surface area contributed by atoms with E-state index in [0.29, 0.717) is 6.54 Å². The molecule has 0 aromatic heterocycles. The Labute approximate surface area is 144 Å². The maximum atomic E-state index is 11.8. The summed E-state index contributed by atoms with van der Waals surface area (Å²) in [6.45, 7) is 8.89. The van der Waals surface area contributed by atoms with Gasteiger partial charge in [-0.25, -0.2) is 4.79 Å². The van der Waals surface area contributed by atoms with E-state index in [0.717, 1.165) is 23.3 Å². The minimum absolute atomic E-state index is 0.154. The van der Waals surface area contributed by atoms with Gasteiger partial charge in [0.05, 0.1) is 0 Å². The molecule has 0 aliphatic carbocycles. The van der Waals surface area contributed by atoms with Crippen LogP contribution in [0, 0.1) is 27.7 Å². The van der Waals surface area contributed by atoms with Gasteiger partial charge < -0.3 is 15.4 Å². The van der Waals surface area contributed by atoms with Crippen LogP contribution in [0.5, 0.6) is 5.75 Å². The van der Waals surface area contributed by atoms with Gasteiger partial charge in [0.1, 0.15) is 5.75 Å². The first kappa shape index (κ1) is 17.9. The predicted octanol–water partition coefficient (Wildman–Crippen LogP) is 3.80. The Morgan fingerprint density at radius 3 is 2.50 bits per heavy atom. The van der Waals surface area contributed by atoms with Crippen LogP contribution in [0.2, 0.25) is 0 Å². The van der Waals surface area contributed by atoms with Crippen LogP contribution in [0.15, 0.2) is 36.4 Å². The highest BCUT2D eigenvalue weighted by Gasteiger charge is 2.07. The van der Waals surface area contributed by atoms with Crippen molar-refractivity contribution >= 4 is 6.03 Å². The van der Waals surface area contributed by atoms with Crippen molar-refractivity contribution in [2.45, 2.75) is 34.1 Å². The second-order valence-electron chi connectivity index (χ2n) is 6.11. The van der Waals surface area contributed by atoms with E-state index in [9.17, 15) is 4.79 Å². The van der Waals surface area contributed by atoms with Crippen LogP contribution in [0.25, 0.3) is 0 Å². The minimum atomic E-state index is -0.217. The molecule has 2 rings (SSSR count). The zero-order valence-electron chi connectivity index (χ0n) is 14.9. The molecule has 0 spiro atoms. The normalized spacial score (nSPS) is 10.3. The summed E-state index contributed by atoms with van der Waals surface area (Å²) >= 11 is 0. The van der Waals surface area contributed by atoms with Crippen LogP contribution in [0.4, 0.5) is 4.79 Å². The molecular formula is C20H26N2O2. The molecule has 0 heterocycles. The summed E-state index contributed by atoms with van der Waals surface area (Å²) in [5, 5.41) is 5.58. The highest BCUT2D eigenvalue weighted by molar-refractivity contribution is 5.73. The fourth-order valence-electron chi connectivity index (χ4n) is 2.57. The lowest BCUT2D eigenvalue weighted by Gasteiger charge is -2.14. The molecule has 2 N–H and O–H groups in total. The van der Waals surface area contributed by atoms with Gasteiger partial charge >= 0.3 is 6.03 Å². The molecule has 0 bridgehead atoms. The second-order valence-corrected chi connectivity index (χ2v) is 6.11. The van der Waals surface area contributed by atoms with Gasteiger partial charge in [0, 0.05) is 6.54 Å². The molecule has 0 atom stereocenters. The first-order chi connectivity index (χ1) is 11.5. The molecule has 0 aliphatic heterocycles. The SMILES string of the molecule is Cc1cccc(CCNC(=O)NCOc2c(C)ccc(C)c2C)c1. The monoisotopic (exact) mass is 326 g/mol. The van der Waals surface area contributed by atoms with Gasteiger partial charge in [0.15, 0.2) is 6.73 Å². The van der Waals surface area contributed by atoms with Crippen LogP contribution in [0.3, 0.4) is 0 Å². The third kappa shape index (κ3) is 5.01. The van der Waals surface area contributed by atoms with Gasteiger partial charge in [-0.1, -0.05) is 42.0 Å². The van der Waals surface area contributed by atoms with Crippen molar-refractivity contribution in [1.29, 1.82) is 0 Å². The molecule has 4 heteroatoms. The standard InChI is InChI=1S/C20H26N2O2/c1-14-6-5-7-18(12-14)10-11-21-20(23)22-13-24-19-16(3)9-8-15(2)17(19)4/h5-9,12H,10-11,13H2,1-4H3,(H2,21,22,23). The maximum Gasteiger partial charge on any atom is 0.317 e. The molecule has 0 aliphatic rings. The highest BCUT2D eigenvalue weighted by Crippen LogP contribution is 2.25. The average Bonchev–Trinajstić information content (AvgIpc) is 2.54. The van der Waals surface area contributed by atoms with Gasteiger partial charge in [0.2, 0.25) is 0 Å². The molecule has 0 radical (unpaired) electrons. The Balaban J connectivity index is 1.73. The Kier molecular flexibility index (Phi) is 6.24. The molecule has 24 heavy (non-hydrogen) atoms. The molecule has 0 saturated heterocycles. The number of amides is 2. The average molecular weight is 326 g/mol. The van der Waals surface area contributed by atoms with Crippen LogP contribution < -0.4 is 15.4 Å². The highest BCUT2D eigenvalue weighted by atomic mass is 16.5. The Morgan fingerprint density at radius 1 is 1.00 bits per heavy atom. The lowest BCUT2D eigenvalue weighted by molar-refractivity contribution is 0.223. The molecule has 2 amide bonds. The third-order valence-corrected chi connectivity index (χ3v) is 4.10. The Bertz CT molecular complexity index is 711. The van der Waals surface area contributed by atoms with E-state index < -0.39 is 0 Å². The van der Waals surface area contributed by atoms with Crippen LogP contribution >= 0.6 is 0 Å². The predicted molar refractivity (Wildman–Crippen MR) is 97.6 cm³/mol. The number of hydrogen-bond donors (Lipinski definition) is 2. The molecular weight excluding hydrogens is 300 g/mol. The number of carbonyl (C=O) groups excluding carboxylic acids is 1. The number of benzene rings is 2. The molecule has 0 fully saturated rings. The van der Waals surface area contributed by atoms with Crippen molar-refractivity contribution in [3.05, 3.63) is 64.2 Å².